The highest BCUT2D eigenvalue weighted by Gasteiger charge is 2.29. The number of amides is 1. The van der Waals surface area contributed by atoms with Gasteiger partial charge >= 0.3 is 6.09 Å². The maximum absolute atomic E-state index is 12.5. The fraction of sp³-hybridized carbons (Fsp3) is 0.136. The van der Waals surface area contributed by atoms with Crippen molar-refractivity contribution in [1.82, 2.24) is 5.32 Å². The molecular formula is C22H21NO2. The average Bonchev–Trinajstić information content (AvgIpc) is 2.64. The first kappa shape index (κ1) is 16.8. The van der Waals surface area contributed by atoms with Gasteiger partial charge in [-0.15, -0.1) is 0 Å². The van der Waals surface area contributed by atoms with Crippen LogP contribution in [-0.4, -0.2) is 6.09 Å². The first-order chi connectivity index (χ1) is 12.2. The van der Waals surface area contributed by atoms with Crippen LogP contribution in [0.1, 0.15) is 18.1 Å². The van der Waals surface area contributed by atoms with E-state index >= 15 is 0 Å². The summed E-state index contributed by atoms with van der Waals surface area (Å²) in [7, 11) is 0. The Morgan fingerprint density at radius 2 is 1.36 bits per heavy atom. The summed E-state index contributed by atoms with van der Waals surface area (Å²) in [6.07, 6.45) is 0.204. The molecule has 1 N–H and O–H groups in total. The van der Waals surface area contributed by atoms with Crippen LogP contribution in [0.25, 0.3) is 0 Å². The van der Waals surface area contributed by atoms with Crippen LogP contribution in [0.5, 0.6) is 5.75 Å². The standard InChI is InChI=1S/C22H21NO2/c1-22(19-13-7-3-8-14-19,17-18-11-5-2-6-12-18)23-21(24)25-20-15-9-4-10-16-20/h2-16H,17H2,1H3,(H,23,24). The molecule has 0 aliphatic heterocycles. The molecule has 3 heteroatoms. The fourth-order valence-electron chi connectivity index (χ4n) is 2.87. The summed E-state index contributed by atoms with van der Waals surface area (Å²) < 4.78 is 5.42. The van der Waals surface area contributed by atoms with Crippen molar-refractivity contribution >= 4 is 6.09 Å². The maximum Gasteiger partial charge on any atom is 0.413 e. The van der Waals surface area contributed by atoms with Crippen molar-refractivity contribution < 1.29 is 9.53 Å². The smallest absolute Gasteiger partial charge is 0.410 e. The number of nitrogens with one attached hydrogen (secondary N) is 1. The molecule has 3 aromatic carbocycles. The van der Waals surface area contributed by atoms with Crippen molar-refractivity contribution in [2.24, 2.45) is 0 Å². The summed E-state index contributed by atoms with van der Waals surface area (Å²) in [6, 6.07) is 29.1. The van der Waals surface area contributed by atoms with Crippen LogP contribution < -0.4 is 10.1 Å². The van der Waals surface area contributed by atoms with E-state index in [-0.39, 0.29) is 0 Å². The third kappa shape index (κ3) is 4.48. The van der Waals surface area contributed by atoms with E-state index in [0.29, 0.717) is 12.2 Å². The van der Waals surface area contributed by atoms with Gasteiger partial charge in [-0.2, -0.15) is 0 Å². The topological polar surface area (TPSA) is 38.3 Å². The Morgan fingerprint density at radius 3 is 1.96 bits per heavy atom. The SMILES string of the molecule is CC(Cc1ccccc1)(NC(=O)Oc1ccccc1)c1ccccc1. The number of benzene rings is 3. The van der Waals surface area contributed by atoms with E-state index in [9.17, 15) is 4.79 Å². The normalized spacial score (nSPS) is 12.8. The number of carbonyl (C=O) groups is 1. The van der Waals surface area contributed by atoms with Crippen LogP contribution in [0.3, 0.4) is 0 Å². The van der Waals surface area contributed by atoms with E-state index in [0.717, 1.165) is 11.1 Å². The zero-order valence-corrected chi connectivity index (χ0v) is 14.2. The van der Waals surface area contributed by atoms with Crippen LogP contribution in [0.15, 0.2) is 91.0 Å². The van der Waals surface area contributed by atoms with Gasteiger partial charge in [-0.25, -0.2) is 4.79 Å². The predicted molar refractivity (Wildman–Crippen MR) is 99.5 cm³/mol. The molecule has 1 unspecified atom stereocenters. The molecule has 25 heavy (non-hydrogen) atoms. The van der Waals surface area contributed by atoms with Gasteiger partial charge in [0, 0.05) is 0 Å². The van der Waals surface area contributed by atoms with Gasteiger partial charge in [-0.05, 0) is 36.6 Å². The third-order valence-electron chi connectivity index (χ3n) is 4.14. The van der Waals surface area contributed by atoms with Gasteiger partial charge in [0.05, 0.1) is 5.54 Å². The Labute approximate surface area is 148 Å². The fourth-order valence-corrected chi connectivity index (χ4v) is 2.87. The zero-order chi connectivity index (χ0) is 17.5. The molecule has 0 saturated heterocycles. The van der Waals surface area contributed by atoms with E-state index in [4.69, 9.17) is 4.74 Å². The summed E-state index contributed by atoms with van der Waals surface area (Å²) in [6.45, 7) is 2.02. The molecule has 0 radical (unpaired) electrons. The summed E-state index contributed by atoms with van der Waals surface area (Å²) in [5, 5.41) is 3.05. The van der Waals surface area contributed by atoms with Gasteiger partial charge in [0.1, 0.15) is 5.75 Å². The van der Waals surface area contributed by atoms with Crippen LogP contribution in [0, 0.1) is 0 Å². The highest BCUT2D eigenvalue weighted by atomic mass is 16.6. The van der Waals surface area contributed by atoms with Crippen LogP contribution in [-0.2, 0) is 12.0 Å². The second-order valence-electron chi connectivity index (χ2n) is 6.19. The van der Waals surface area contributed by atoms with Gasteiger partial charge in [0.15, 0.2) is 0 Å². The molecule has 3 nitrogen and oxygen atoms in total. The lowest BCUT2D eigenvalue weighted by Crippen LogP contribution is -2.46. The third-order valence-corrected chi connectivity index (χ3v) is 4.14. The van der Waals surface area contributed by atoms with Gasteiger partial charge in [0.2, 0.25) is 0 Å². The predicted octanol–water partition coefficient (Wildman–Crippen LogP) is 4.93. The molecule has 0 aromatic heterocycles. The Hall–Kier alpha value is -3.07. The summed E-state index contributed by atoms with van der Waals surface area (Å²) in [5.74, 6) is 0.523. The second-order valence-corrected chi connectivity index (χ2v) is 6.19. The summed E-state index contributed by atoms with van der Waals surface area (Å²) >= 11 is 0. The molecule has 0 aliphatic carbocycles. The number of para-hydroxylation sites is 1. The lowest BCUT2D eigenvalue weighted by atomic mass is 9.85. The van der Waals surface area contributed by atoms with E-state index < -0.39 is 11.6 Å². The Balaban J connectivity index is 1.82. The monoisotopic (exact) mass is 331 g/mol. The molecule has 3 rings (SSSR count). The van der Waals surface area contributed by atoms with Crippen molar-refractivity contribution in [2.45, 2.75) is 18.9 Å². The number of rotatable bonds is 5. The highest BCUT2D eigenvalue weighted by Crippen LogP contribution is 2.26. The number of hydrogen-bond acceptors (Lipinski definition) is 2. The quantitative estimate of drug-likeness (QED) is 0.719. The molecule has 3 aromatic rings. The lowest BCUT2D eigenvalue weighted by molar-refractivity contribution is 0.185. The second kappa shape index (κ2) is 7.67. The summed E-state index contributed by atoms with van der Waals surface area (Å²) in [4.78, 5) is 12.5. The first-order valence-electron chi connectivity index (χ1n) is 8.30. The van der Waals surface area contributed by atoms with E-state index in [1.54, 1.807) is 12.1 Å². The molecule has 0 spiro atoms. The lowest BCUT2D eigenvalue weighted by Gasteiger charge is -2.31. The minimum atomic E-state index is -0.575. The Morgan fingerprint density at radius 1 is 0.840 bits per heavy atom. The number of carbonyl (C=O) groups excluding carboxylic acids is 1. The van der Waals surface area contributed by atoms with E-state index in [1.807, 2.05) is 73.7 Å². The van der Waals surface area contributed by atoms with Crippen LogP contribution in [0.4, 0.5) is 4.79 Å². The molecule has 0 fully saturated rings. The van der Waals surface area contributed by atoms with Crippen LogP contribution in [0.2, 0.25) is 0 Å². The van der Waals surface area contributed by atoms with Crippen molar-refractivity contribution in [3.63, 3.8) is 0 Å². The van der Waals surface area contributed by atoms with Gasteiger partial charge in [-0.1, -0.05) is 78.9 Å². The van der Waals surface area contributed by atoms with E-state index in [2.05, 4.69) is 17.4 Å². The number of ether oxygens (including phenoxy) is 1. The van der Waals surface area contributed by atoms with Crippen molar-refractivity contribution in [3.05, 3.63) is 102 Å². The molecule has 126 valence electrons. The number of hydrogen-bond donors (Lipinski definition) is 1. The molecular weight excluding hydrogens is 310 g/mol. The molecule has 0 saturated carbocycles. The van der Waals surface area contributed by atoms with Gasteiger partial charge in [0.25, 0.3) is 0 Å². The molecule has 1 atom stereocenters. The minimum Gasteiger partial charge on any atom is -0.410 e. The van der Waals surface area contributed by atoms with Crippen molar-refractivity contribution in [2.75, 3.05) is 0 Å². The average molecular weight is 331 g/mol. The zero-order valence-electron chi connectivity index (χ0n) is 14.2. The molecule has 1 amide bonds. The van der Waals surface area contributed by atoms with Crippen molar-refractivity contribution in [3.8, 4) is 5.75 Å². The van der Waals surface area contributed by atoms with Crippen LogP contribution >= 0.6 is 0 Å². The van der Waals surface area contributed by atoms with Gasteiger partial charge in [-0.3, -0.25) is 0 Å². The maximum atomic E-state index is 12.5. The molecule has 0 heterocycles. The van der Waals surface area contributed by atoms with Gasteiger partial charge < -0.3 is 10.1 Å². The highest BCUT2D eigenvalue weighted by molar-refractivity contribution is 5.71. The van der Waals surface area contributed by atoms with Crippen molar-refractivity contribution in [1.29, 1.82) is 0 Å². The Kier molecular flexibility index (Phi) is 5.14. The Bertz CT molecular complexity index is 803. The van der Waals surface area contributed by atoms with E-state index in [1.165, 1.54) is 0 Å². The first-order valence-corrected chi connectivity index (χ1v) is 8.30. The summed E-state index contributed by atoms with van der Waals surface area (Å²) in [5.41, 5.74) is 1.60. The minimum absolute atomic E-state index is 0.464. The largest absolute Gasteiger partial charge is 0.413 e. The molecule has 0 aliphatic rings. The molecule has 0 bridgehead atoms.